The number of benzene rings is 2. The van der Waals surface area contributed by atoms with Crippen LogP contribution in [0.2, 0.25) is 0 Å². The molecule has 19 heavy (non-hydrogen) atoms. The highest BCUT2D eigenvalue weighted by molar-refractivity contribution is 7.98. The summed E-state index contributed by atoms with van der Waals surface area (Å²) in [6.45, 7) is 2.90. The van der Waals surface area contributed by atoms with Gasteiger partial charge in [0.05, 0.1) is 0 Å². The smallest absolute Gasteiger partial charge is 0.123 e. The van der Waals surface area contributed by atoms with Crippen LogP contribution in [0, 0.1) is 5.82 Å². The van der Waals surface area contributed by atoms with E-state index in [-0.39, 0.29) is 11.9 Å². The van der Waals surface area contributed by atoms with Gasteiger partial charge in [-0.05, 0) is 48.6 Å². The molecule has 0 aromatic heterocycles. The number of thioether (sulfide) groups is 1. The maximum absolute atomic E-state index is 12.8. The molecular formula is C16H18FNS. The van der Waals surface area contributed by atoms with Gasteiger partial charge < -0.3 is 5.32 Å². The van der Waals surface area contributed by atoms with Gasteiger partial charge in [0, 0.05) is 17.5 Å². The van der Waals surface area contributed by atoms with Gasteiger partial charge in [-0.25, -0.2) is 4.39 Å². The summed E-state index contributed by atoms with van der Waals surface area (Å²) in [5.74, 6) is -0.191. The summed E-state index contributed by atoms with van der Waals surface area (Å²) in [5, 5.41) is 3.44. The van der Waals surface area contributed by atoms with E-state index in [4.69, 9.17) is 0 Å². The Morgan fingerprint density at radius 2 is 1.68 bits per heavy atom. The Labute approximate surface area is 118 Å². The van der Waals surface area contributed by atoms with Gasteiger partial charge >= 0.3 is 0 Å². The first kappa shape index (κ1) is 14.1. The van der Waals surface area contributed by atoms with Crippen molar-refractivity contribution in [1.82, 2.24) is 5.32 Å². The Bertz CT molecular complexity index is 507. The SMILES string of the molecule is CSc1ccc(CN[C@H](C)c2ccc(F)cc2)cc1. The monoisotopic (exact) mass is 275 g/mol. The van der Waals surface area contributed by atoms with E-state index in [0.29, 0.717) is 0 Å². The summed E-state index contributed by atoms with van der Waals surface area (Å²) in [4.78, 5) is 1.27. The quantitative estimate of drug-likeness (QED) is 0.812. The average Bonchev–Trinajstić information content (AvgIpc) is 2.46. The molecule has 0 aliphatic heterocycles. The van der Waals surface area contributed by atoms with E-state index in [2.05, 4.69) is 42.8 Å². The number of nitrogens with one attached hydrogen (secondary N) is 1. The molecule has 0 saturated carbocycles. The van der Waals surface area contributed by atoms with Crippen LogP contribution >= 0.6 is 11.8 Å². The van der Waals surface area contributed by atoms with E-state index in [1.165, 1.54) is 22.6 Å². The van der Waals surface area contributed by atoms with Crippen LogP contribution in [-0.2, 0) is 6.54 Å². The summed E-state index contributed by atoms with van der Waals surface area (Å²) in [5.41, 5.74) is 2.36. The molecule has 100 valence electrons. The van der Waals surface area contributed by atoms with Crippen LogP contribution in [0.3, 0.4) is 0 Å². The maximum atomic E-state index is 12.8. The maximum Gasteiger partial charge on any atom is 0.123 e. The van der Waals surface area contributed by atoms with Crippen molar-refractivity contribution >= 4 is 11.8 Å². The molecule has 0 spiro atoms. The van der Waals surface area contributed by atoms with E-state index in [0.717, 1.165) is 12.1 Å². The molecule has 3 heteroatoms. The molecule has 0 saturated heterocycles. The van der Waals surface area contributed by atoms with Gasteiger partial charge in [0.2, 0.25) is 0 Å². The fourth-order valence-electron chi connectivity index (χ4n) is 1.88. The molecule has 0 bridgehead atoms. The standard InChI is InChI=1S/C16H18FNS/c1-12(14-5-7-15(17)8-6-14)18-11-13-3-9-16(19-2)10-4-13/h3-10,12,18H,11H2,1-2H3/t12-/m1/s1. The van der Waals surface area contributed by atoms with Crippen LogP contribution in [0.25, 0.3) is 0 Å². The highest BCUT2D eigenvalue weighted by Crippen LogP contribution is 2.16. The van der Waals surface area contributed by atoms with E-state index < -0.39 is 0 Å². The molecule has 0 unspecified atom stereocenters. The first-order valence-corrected chi connectivity index (χ1v) is 7.53. The van der Waals surface area contributed by atoms with Crippen LogP contribution in [0.15, 0.2) is 53.4 Å². The van der Waals surface area contributed by atoms with E-state index >= 15 is 0 Å². The Kier molecular flexibility index (Phi) is 5.00. The topological polar surface area (TPSA) is 12.0 Å². The molecule has 1 atom stereocenters. The van der Waals surface area contributed by atoms with Crippen molar-refractivity contribution in [2.45, 2.75) is 24.4 Å². The first-order chi connectivity index (χ1) is 9.19. The van der Waals surface area contributed by atoms with Crippen molar-refractivity contribution in [1.29, 1.82) is 0 Å². The van der Waals surface area contributed by atoms with Gasteiger partial charge in [-0.3, -0.25) is 0 Å². The molecule has 2 aromatic rings. The summed E-state index contributed by atoms with van der Waals surface area (Å²) in [6, 6.07) is 15.4. The zero-order valence-electron chi connectivity index (χ0n) is 11.2. The Hall–Kier alpha value is -1.32. The van der Waals surface area contributed by atoms with E-state index in [9.17, 15) is 4.39 Å². The summed E-state index contributed by atoms with van der Waals surface area (Å²) in [7, 11) is 0. The zero-order valence-corrected chi connectivity index (χ0v) is 12.0. The molecule has 0 heterocycles. The summed E-state index contributed by atoms with van der Waals surface area (Å²) in [6.07, 6.45) is 2.07. The van der Waals surface area contributed by atoms with Crippen molar-refractivity contribution < 1.29 is 4.39 Å². The highest BCUT2D eigenvalue weighted by atomic mass is 32.2. The second-order valence-corrected chi connectivity index (χ2v) is 5.38. The minimum absolute atomic E-state index is 0.191. The minimum Gasteiger partial charge on any atom is -0.306 e. The molecule has 2 rings (SSSR count). The second-order valence-electron chi connectivity index (χ2n) is 4.50. The van der Waals surface area contributed by atoms with Crippen molar-refractivity contribution in [3.63, 3.8) is 0 Å². The Balaban J connectivity index is 1.92. The molecule has 2 aromatic carbocycles. The predicted molar refractivity (Wildman–Crippen MR) is 79.9 cm³/mol. The van der Waals surface area contributed by atoms with Crippen LogP contribution < -0.4 is 5.32 Å². The average molecular weight is 275 g/mol. The normalized spacial score (nSPS) is 12.4. The first-order valence-electron chi connectivity index (χ1n) is 6.31. The Morgan fingerprint density at radius 1 is 1.05 bits per heavy atom. The molecule has 1 N–H and O–H groups in total. The van der Waals surface area contributed by atoms with Gasteiger partial charge in [0.15, 0.2) is 0 Å². The highest BCUT2D eigenvalue weighted by Gasteiger charge is 2.04. The fourth-order valence-corrected chi connectivity index (χ4v) is 2.29. The molecule has 0 aliphatic rings. The number of hydrogen-bond acceptors (Lipinski definition) is 2. The largest absolute Gasteiger partial charge is 0.306 e. The number of rotatable bonds is 5. The molecule has 1 nitrogen and oxygen atoms in total. The van der Waals surface area contributed by atoms with Gasteiger partial charge in [0.25, 0.3) is 0 Å². The second kappa shape index (κ2) is 6.73. The van der Waals surface area contributed by atoms with Crippen molar-refractivity contribution in [2.75, 3.05) is 6.26 Å². The van der Waals surface area contributed by atoms with E-state index in [1.807, 2.05) is 12.1 Å². The van der Waals surface area contributed by atoms with Gasteiger partial charge in [-0.15, -0.1) is 11.8 Å². The molecule has 0 amide bonds. The summed E-state index contributed by atoms with van der Waals surface area (Å²) < 4.78 is 12.8. The predicted octanol–water partition coefficient (Wildman–Crippen LogP) is 4.40. The number of halogens is 1. The lowest BCUT2D eigenvalue weighted by Gasteiger charge is -2.14. The van der Waals surface area contributed by atoms with Gasteiger partial charge in [0.1, 0.15) is 5.82 Å². The van der Waals surface area contributed by atoms with Crippen LogP contribution in [0.5, 0.6) is 0 Å². The molecule has 0 fully saturated rings. The van der Waals surface area contributed by atoms with E-state index in [1.54, 1.807) is 11.8 Å². The lowest BCUT2D eigenvalue weighted by molar-refractivity contribution is 0.571. The zero-order chi connectivity index (χ0) is 13.7. The summed E-state index contributed by atoms with van der Waals surface area (Å²) >= 11 is 1.74. The van der Waals surface area contributed by atoms with Crippen molar-refractivity contribution in [2.24, 2.45) is 0 Å². The molecular weight excluding hydrogens is 257 g/mol. The molecule has 0 aliphatic carbocycles. The van der Waals surface area contributed by atoms with Gasteiger partial charge in [-0.2, -0.15) is 0 Å². The Morgan fingerprint density at radius 3 is 2.26 bits per heavy atom. The molecule has 0 radical (unpaired) electrons. The van der Waals surface area contributed by atoms with Crippen LogP contribution in [0.1, 0.15) is 24.1 Å². The van der Waals surface area contributed by atoms with Crippen LogP contribution in [0.4, 0.5) is 4.39 Å². The fraction of sp³-hybridized carbons (Fsp3) is 0.250. The van der Waals surface area contributed by atoms with Gasteiger partial charge in [-0.1, -0.05) is 24.3 Å². The van der Waals surface area contributed by atoms with Crippen LogP contribution in [-0.4, -0.2) is 6.26 Å². The third kappa shape index (κ3) is 4.08. The van der Waals surface area contributed by atoms with Crippen molar-refractivity contribution in [3.05, 3.63) is 65.5 Å². The number of hydrogen-bond donors (Lipinski definition) is 1. The minimum atomic E-state index is -0.191. The lowest BCUT2D eigenvalue weighted by Crippen LogP contribution is -2.17. The lowest BCUT2D eigenvalue weighted by atomic mass is 10.1. The third-order valence-corrected chi connectivity index (χ3v) is 3.89. The van der Waals surface area contributed by atoms with Crippen molar-refractivity contribution in [3.8, 4) is 0 Å². The third-order valence-electron chi connectivity index (χ3n) is 3.14.